The van der Waals surface area contributed by atoms with E-state index in [1.54, 1.807) is 17.4 Å². The number of carbonyl (C=O) groups excluding carboxylic acids is 2. The van der Waals surface area contributed by atoms with Crippen LogP contribution in [-0.4, -0.2) is 39.5 Å². The van der Waals surface area contributed by atoms with Gasteiger partial charge in [0.1, 0.15) is 5.00 Å². The number of rotatable bonds is 8. The lowest BCUT2D eigenvalue weighted by atomic mass is 9.88. The Morgan fingerprint density at radius 1 is 1.42 bits per heavy atom. The van der Waals surface area contributed by atoms with Crippen LogP contribution in [0.5, 0.6) is 0 Å². The van der Waals surface area contributed by atoms with E-state index in [0.717, 1.165) is 36.2 Å². The summed E-state index contributed by atoms with van der Waals surface area (Å²) in [5.41, 5.74) is 2.53. The minimum absolute atomic E-state index is 0.150. The van der Waals surface area contributed by atoms with Gasteiger partial charge in [-0.3, -0.25) is 9.36 Å². The first-order chi connectivity index (χ1) is 15.9. The van der Waals surface area contributed by atoms with Crippen LogP contribution in [0.4, 0.5) is 5.00 Å². The molecule has 0 aromatic carbocycles. The van der Waals surface area contributed by atoms with E-state index in [4.69, 9.17) is 4.74 Å². The van der Waals surface area contributed by atoms with Gasteiger partial charge >= 0.3 is 5.97 Å². The van der Waals surface area contributed by atoms with Gasteiger partial charge in [-0.25, -0.2) is 4.79 Å². The third kappa shape index (κ3) is 5.07. The lowest BCUT2D eigenvalue weighted by molar-refractivity contribution is -0.113. The number of amides is 1. The Labute approximate surface area is 205 Å². The molecule has 1 amide bonds. The van der Waals surface area contributed by atoms with E-state index in [-0.39, 0.29) is 11.7 Å². The van der Waals surface area contributed by atoms with E-state index in [0.29, 0.717) is 28.2 Å². The number of allylic oxidation sites excluding steroid dienone is 1. The topological polar surface area (TPSA) is 86.1 Å². The molecule has 1 N–H and O–H groups in total. The molecule has 1 aliphatic carbocycles. The highest BCUT2D eigenvalue weighted by molar-refractivity contribution is 7.99. The molecule has 0 aliphatic heterocycles. The Kier molecular flexibility index (Phi) is 7.35. The number of aryl methyl sites for hydroxylation is 1. The number of methoxy groups -OCH3 is 1. The van der Waals surface area contributed by atoms with E-state index < -0.39 is 5.97 Å². The van der Waals surface area contributed by atoms with Gasteiger partial charge in [0.2, 0.25) is 5.91 Å². The predicted octanol–water partition coefficient (Wildman–Crippen LogP) is 5.20. The first-order valence-electron chi connectivity index (χ1n) is 10.7. The molecule has 3 heterocycles. The van der Waals surface area contributed by atoms with Crippen molar-refractivity contribution < 1.29 is 14.3 Å². The van der Waals surface area contributed by atoms with Gasteiger partial charge in [-0.2, -0.15) is 0 Å². The maximum absolute atomic E-state index is 12.8. The lowest BCUT2D eigenvalue weighted by Gasteiger charge is -2.18. The quantitative estimate of drug-likeness (QED) is 0.259. The minimum atomic E-state index is -0.397. The summed E-state index contributed by atoms with van der Waals surface area (Å²) in [4.78, 5) is 27.6. The van der Waals surface area contributed by atoms with Gasteiger partial charge in [-0.15, -0.1) is 39.4 Å². The van der Waals surface area contributed by atoms with Crippen molar-refractivity contribution in [2.24, 2.45) is 5.92 Å². The van der Waals surface area contributed by atoms with E-state index in [2.05, 4.69) is 35.1 Å². The predicted molar refractivity (Wildman–Crippen MR) is 134 cm³/mol. The first-order valence-corrected chi connectivity index (χ1v) is 13.3. The summed E-state index contributed by atoms with van der Waals surface area (Å²) in [5.74, 6) is 0.884. The van der Waals surface area contributed by atoms with Crippen LogP contribution in [0.1, 0.15) is 39.0 Å². The molecule has 0 fully saturated rings. The molecule has 0 saturated carbocycles. The molecule has 0 radical (unpaired) electrons. The van der Waals surface area contributed by atoms with Crippen molar-refractivity contribution in [1.29, 1.82) is 0 Å². The fraction of sp³-hybridized carbons (Fsp3) is 0.391. The molecule has 33 heavy (non-hydrogen) atoms. The smallest absolute Gasteiger partial charge is 0.341 e. The van der Waals surface area contributed by atoms with Crippen LogP contribution in [-0.2, 0) is 28.9 Å². The van der Waals surface area contributed by atoms with Crippen LogP contribution in [0.2, 0.25) is 0 Å². The standard InChI is InChI=1S/C23H26N4O3S3/c1-5-8-27-20(15-10-14(3)31-11-15)25-26-23(27)32-12-18(28)24-21-19(22(29)30-4)16-7-6-13(2)9-17(16)33-21/h5,10-11,13H,1,6-9,12H2,2-4H3,(H,24,28). The zero-order valence-electron chi connectivity index (χ0n) is 18.8. The van der Waals surface area contributed by atoms with Crippen LogP contribution in [0.3, 0.4) is 0 Å². The molecule has 0 bridgehead atoms. The molecular weight excluding hydrogens is 476 g/mol. The monoisotopic (exact) mass is 502 g/mol. The number of aromatic nitrogens is 3. The van der Waals surface area contributed by atoms with Crippen molar-refractivity contribution in [2.45, 2.75) is 44.8 Å². The molecule has 3 aromatic heterocycles. The van der Waals surface area contributed by atoms with Crippen LogP contribution in [0.25, 0.3) is 11.4 Å². The van der Waals surface area contributed by atoms with Crippen LogP contribution < -0.4 is 5.32 Å². The zero-order valence-corrected chi connectivity index (χ0v) is 21.3. The van der Waals surface area contributed by atoms with E-state index in [1.807, 2.05) is 16.9 Å². The number of thiophene rings is 2. The highest BCUT2D eigenvalue weighted by Crippen LogP contribution is 2.40. The summed E-state index contributed by atoms with van der Waals surface area (Å²) in [6.45, 7) is 8.64. The Bertz CT molecular complexity index is 1190. The van der Waals surface area contributed by atoms with E-state index in [9.17, 15) is 9.59 Å². The molecule has 1 aliphatic rings. The third-order valence-corrected chi connectivity index (χ3v) is 8.50. The Morgan fingerprint density at radius 3 is 2.94 bits per heavy atom. The second-order valence-electron chi connectivity index (χ2n) is 8.04. The Hall–Kier alpha value is -2.43. The van der Waals surface area contributed by atoms with Gasteiger partial charge in [0.15, 0.2) is 11.0 Å². The number of hydrogen-bond acceptors (Lipinski definition) is 8. The number of hydrogen-bond donors (Lipinski definition) is 1. The third-order valence-electron chi connectivity index (χ3n) is 5.50. The van der Waals surface area contributed by atoms with E-state index >= 15 is 0 Å². The lowest BCUT2D eigenvalue weighted by Crippen LogP contribution is -2.17. The summed E-state index contributed by atoms with van der Waals surface area (Å²) >= 11 is 4.46. The molecule has 3 aromatic rings. The van der Waals surface area contributed by atoms with Gasteiger partial charge in [-0.1, -0.05) is 24.8 Å². The molecule has 4 rings (SSSR count). The fourth-order valence-corrected chi connectivity index (χ4v) is 6.76. The van der Waals surface area contributed by atoms with Crippen molar-refractivity contribution >= 4 is 51.3 Å². The van der Waals surface area contributed by atoms with E-state index in [1.165, 1.54) is 40.0 Å². The summed E-state index contributed by atoms with van der Waals surface area (Å²) in [7, 11) is 1.37. The van der Waals surface area contributed by atoms with Crippen molar-refractivity contribution in [3.05, 3.63) is 45.0 Å². The molecule has 0 spiro atoms. The second kappa shape index (κ2) is 10.2. The molecule has 0 saturated heterocycles. The van der Waals surface area contributed by atoms with Gasteiger partial charge in [0.25, 0.3) is 0 Å². The van der Waals surface area contributed by atoms with Gasteiger partial charge in [0, 0.05) is 27.2 Å². The molecule has 1 atom stereocenters. The summed E-state index contributed by atoms with van der Waals surface area (Å²) in [6.07, 6.45) is 4.57. The molecule has 1 unspecified atom stereocenters. The van der Waals surface area contributed by atoms with Crippen molar-refractivity contribution in [3.63, 3.8) is 0 Å². The van der Waals surface area contributed by atoms with Crippen molar-refractivity contribution in [1.82, 2.24) is 14.8 Å². The zero-order chi connectivity index (χ0) is 23.5. The number of thioether (sulfide) groups is 1. The summed E-state index contributed by atoms with van der Waals surface area (Å²) in [5, 5.41) is 14.9. The molecule has 10 heteroatoms. The molecular formula is C23H26N4O3S3. The van der Waals surface area contributed by atoms with Gasteiger partial charge in [-0.05, 0) is 43.7 Å². The average molecular weight is 503 g/mol. The Balaban J connectivity index is 1.50. The highest BCUT2D eigenvalue weighted by Gasteiger charge is 2.29. The molecule has 174 valence electrons. The van der Waals surface area contributed by atoms with Crippen LogP contribution in [0, 0.1) is 12.8 Å². The molecule has 7 nitrogen and oxygen atoms in total. The summed E-state index contributed by atoms with van der Waals surface area (Å²) < 4.78 is 6.97. The first kappa shape index (κ1) is 23.7. The SMILES string of the molecule is C=CCn1c(SCC(=O)Nc2sc3c(c2C(=O)OC)CCC(C)C3)nnc1-c1csc(C)c1. The maximum atomic E-state index is 12.8. The van der Waals surface area contributed by atoms with Crippen molar-refractivity contribution in [3.8, 4) is 11.4 Å². The number of anilines is 1. The minimum Gasteiger partial charge on any atom is -0.465 e. The number of carbonyl (C=O) groups is 2. The fourth-order valence-electron chi connectivity index (χ4n) is 3.91. The normalized spacial score (nSPS) is 15.2. The maximum Gasteiger partial charge on any atom is 0.341 e. The largest absolute Gasteiger partial charge is 0.465 e. The summed E-state index contributed by atoms with van der Waals surface area (Å²) in [6, 6.07) is 2.07. The number of nitrogens with one attached hydrogen (secondary N) is 1. The Morgan fingerprint density at radius 2 is 2.24 bits per heavy atom. The second-order valence-corrected chi connectivity index (χ2v) is 11.2. The number of esters is 1. The average Bonchev–Trinajstić information content (AvgIpc) is 3.48. The van der Waals surface area contributed by atoms with Crippen LogP contribution >= 0.6 is 34.4 Å². The number of nitrogens with zero attached hydrogens (tertiary/aromatic N) is 3. The highest BCUT2D eigenvalue weighted by atomic mass is 32.2. The van der Waals surface area contributed by atoms with Gasteiger partial charge in [0.05, 0.1) is 18.4 Å². The number of ether oxygens (including phenoxy) is 1. The van der Waals surface area contributed by atoms with Gasteiger partial charge < -0.3 is 10.1 Å². The number of fused-ring (bicyclic) bond motifs is 1. The van der Waals surface area contributed by atoms with Crippen LogP contribution in [0.15, 0.2) is 29.3 Å². The van der Waals surface area contributed by atoms with Crippen molar-refractivity contribution in [2.75, 3.05) is 18.2 Å².